The number of unbranched alkanes of at least 4 members (excludes halogenated alkanes) is 2. The fourth-order valence-electron chi connectivity index (χ4n) is 12.0. The highest BCUT2D eigenvalue weighted by atomic mass is 16.6. The molecule has 11 rings (SSSR count). The van der Waals surface area contributed by atoms with Gasteiger partial charge in [-0.05, 0) is 108 Å². The Labute approximate surface area is 532 Å². The number of aliphatic hydroxyl groups excluding tert-OH is 1. The molecular formula is C70H72N8O14. The minimum atomic E-state index is -1.58. The molecule has 22 nitrogen and oxygen atoms in total. The largest absolute Gasteiger partial charge is 0.493 e. The van der Waals surface area contributed by atoms with Crippen molar-refractivity contribution in [3.63, 3.8) is 0 Å². The number of fused-ring (bicyclic) bond motifs is 6. The average molecular weight is 1250 g/mol. The van der Waals surface area contributed by atoms with Crippen LogP contribution in [0.2, 0.25) is 0 Å². The van der Waals surface area contributed by atoms with E-state index < -0.39 is 48.2 Å². The highest BCUT2D eigenvalue weighted by molar-refractivity contribution is 6.13. The second-order valence-corrected chi connectivity index (χ2v) is 23.7. The van der Waals surface area contributed by atoms with E-state index in [1.54, 1.807) is 55.1 Å². The van der Waals surface area contributed by atoms with Gasteiger partial charge in [0.05, 0.1) is 48.8 Å². The molecule has 5 aliphatic rings. The summed E-state index contributed by atoms with van der Waals surface area (Å²) >= 11 is 0. The maximum absolute atomic E-state index is 14.8. The first-order valence-electron chi connectivity index (χ1n) is 30.7. The van der Waals surface area contributed by atoms with E-state index in [4.69, 9.17) is 28.7 Å². The second kappa shape index (κ2) is 27.8. The highest BCUT2D eigenvalue weighted by Crippen LogP contribution is 2.43. The van der Waals surface area contributed by atoms with Crippen molar-refractivity contribution in [3.05, 3.63) is 184 Å². The number of ether oxygens (including phenoxy) is 5. The summed E-state index contributed by atoms with van der Waals surface area (Å²) in [5.74, 6) is -1.86. The molecule has 2 unspecified atom stereocenters. The van der Waals surface area contributed by atoms with Crippen molar-refractivity contribution >= 4 is 70.7 Å². The minimum absolute atomic E-state index is 0.00919. The molecule has 0 saturated carbocycles. The number of methoxy groups -OCH3 is 2. The third kappa shape index (κ3) is 13.8. The van der Waals surface area contributed by atoms with Gasteiger partial charge in [-0.1, -0.05) is 99.1 Å². The first-order valence-corrected chi connectivity index (χ1v) is 30.7. The summed E-state index contributed by atoms with van der Waals surface area (Å²) in [6.07, 6.45) is 4.38. The van der Waals surface area contributed by atoms with Crippen LogP contribution >= 0.6 is 0 Å². The average Bonchev–Trinajstić information content (AvgIpc) is 1.58. The molecule has 22 heteroatoms. The third-order valence-corrected chi connectivity index (χ3v) is 17.1. The molecule has 0 spiro atoms. The van der Waals surface area contributed by atoms with E-state index in [0.29, 0.717) is 66.2 Å². The number of rotatable bonds is 22. The van der Waals surface area contributed by atoms with Gasteiger partial charge in [-0.2, -0.15) is 0 Å². The zero-order valence-electron chi connectivity index (χ0n) is 51.7. The number of aliphatic hydroxyl groups is 1. The first kappa shape index (κ1) is 63.2. The molecule has 6 aromatic carbocycles. The van der Waals surface area contributed by atoms with Gasteiger partial charge in [0.2, 0.25) is 17.7 Å². The molecule has 5 aliphatic heterocycles. The predicted molar refractivity (Wildman–Crippen MR) is 339 cm³/mol. The van der Waals surface area contributed by atoms with Crippen LogP contribution in [0.3, 0.4) is 0 Å². The number of hydrogen-bond acceptors (Lipinski definition) is 15. The number of nitrogens with zero attached hydrogens (tertiary/aromatic N) is 5. The summed E-state index contributed by atoms with van der Waals surface area (Å²) in [5.41, 5.74) is 7.55. The van der Waals surface area contributed by atoms with Crippen molar-refractivity contribution in [3.8, 4) is 23.0 Å². The summed E-state index contributed by atoms with van der Waals surface area (Å²) < 4.78 is 30.3. The summed E-state index contributed by atoms with van der Waals surface area (Å²) in [6, 6.07) is 33.2. The number of hydrogen-bond donors (Lipinski definition) is 4. The van der Waals surface area contributed by atoms with Crippen LogP contribution in [0, 0.1) is 5.92 Å². The molecule has 4 N–H and O–H groups in total. The molecule has 0 aromatic heterocycles. The Morgan fingerprint density at radius 3 is 1.88 bits per heavy atom. The van der Waals surface area contributed by atoms with Crippen LogP contribution in [0.1, 0.15) is 106 Å². The quantitative estimate of drug-likeness (QED) is 0.0368. The van der Waals surface area contributed by atoms with E-state index in [9.17, 15) is 43.5 Å². The van der Waals surface area contributed by atoms with Crippen LogP contribution in [0.15, 0.2) is 138 Å². The Bertz CT molecular complexity index is 3910. The van der Waals surface area contributed by atoms with Gasteiger partial charge in [0.1, 0.15) is 31.9 Å². The Balaban J connectivity index is 0.733. The molecule has 92 heavy (non-hydrogen) atoms. The van der Waals surface area contributed by atoms with E-state index in [2.05, 4.69) is 22.0 Å². The molecule has 6 aromatic rings. The smallest absolute Gasteiger partial charge is 0.416 e. The Morgan fingerprint density at radius 1 is 0.620 bits per heavy atom. The molecule has 5 atom stereocenters. The third-order valence-electron chi connectivity index (χ3n) is 17.1. The van der Waals surface area contributed by atoms with Gasteiger partial charge in [-0.25, -0.2) is 9.69 Å². The van der Waals surface area contributed by atoms with E-state index in [-0.39, 0.29) is 104 Å². The van der Waals surface area contributed by atoms with Crippen LogP contribution in [-0.2, 0) is 74.5 Å². The van der Waals surface area contributed by atoms with E-state index >= 15 is 0 Å². The summed E-state index contributed by atoms with van der Waals surface area (Å²) in [6.45, 7) is 5.83. The molecule has 0 aliphatic carbocycles. The number of amides is 8. The predicted octanol–water partition coefficient (Wildman–Crippen LogP) is 8.26. The lowest BCUT2D eigenvalue weighted by molar-refractivity contribution is -0.137. The monoisotopic (exact) mass is 1250 g/mol. The lowest BCUT2D eigenvalue weighted by Gasteiger charge is -2.39. The van der Waals surface area contributed by atoms with Crippen LogP contribution < -0.4 is 39.8 Å². The van der Waals surface area contributed by atoms with Gasteiger partial charge < -0.3 is 54.5 Å². The van der Waals surface area contributed by atoms with Crippen LogP contribution in [0.5, 0.6) is 23.0 Å². The van der Waals surface area contributed by atoms with Gasteiger partial charge in [-0.3, -0.25) is 43.5 Å². The number of imide groups is 1. The Kier molecular flexibility index (Phi) is 19.1. The van der Waals surface area contributed by atoms with Crippen LogP contribution in [0.4, 0.5) is 21.9 Å². The number of carbonyl (C=O) groups excluding carboxylic acids is 8. The van der Waals surface area contributed by atoms with Crippen molar-refractivity contribution in [2.45, 2.75) is 123 Å². The molecule has 0 radical (unpaired) electrons. The van der Waals surface area contributed by atoms with E-state index in [1.165, 1.54) is 51.0 Å². The maximum Gasteiger partial charge on any atom is 0.416 e. The second-order valence-electron chi connectivity index (χ2n) is 23.7. The van der Waals surface area contributed by atoms with Crippen LogP contribution in [0.25, 0.3) is 0 Å². The molecule has 0 fully saturated rings. The van der Waals surface area contributed by atoms with Gasteiger partial charge in [0.15, 0.2) is 29.2 Å². The fourth-order valence-corrected chi connectivity index (χ4v) is 12.0. The summed E-state index contributed by atoms with van der Waals surface area (Å²) in [5, 5.41) is 20.6. The van der Waals surface area contributed by atoms with Gasteiger partial charge in [0, 0.05) is 62.2 Å². The van der Waals surface area contributed by atoms with Gasteiger partial charge >= 0.3 is 6.09 Å². The SMILES string of the molecule is COc1cc2c(cc1OCc1cccc(COc3cc4c(cc3OC)C(=O)N3Cc5ccccc5CC3C(O)N4C(=O)OCc3ccc(NC(=O)[C@H](C)NC(=O)[C@@H](NC(=O)CCCCCN4C(=O)C=CC4=O)C(C)C)cc3)c1)N=C[C@@H]1Cc3ccccc3CN1C2=O. The summed E-state index contributed by atoms with van der Waals surface area (Å²) in [7, 11) is 2.96. The van der Waals surface area contributed by atoms with Crippen LogP contribution in [-0.4, -0.2) is 125 Å². The molecular weight excluding hydrogens is 1180 g/mol. The zero-order chi connectivity index (χ0) is 64.7. The van der Waals surface area contributed by atoms with Crippen molar-refractivity contribution in [1.82, 2.24) is 25.3 Å². The summed E-state index contributed by atoms with van der Waals surface area (Å²) in [4.78, 5) is 117. The fraction of sp³-hybridized carbons (Fsp3) is 0.329. The number of nitrogens with one attached hydrogen (secondary N) is 3. The zero-order valence-corrected chi connectivity index (χ0v) is 51.7. The van der Waals surface area contributed by atoms with Crippen molar-refractivity contribution in [2.24, 2.45) is 10.9 Å². The number of carbonyl (C=O) groups is 8. The minimum Gasteiger partial charge on any atom is -0.493 e. The highest BCUT2D eigenvalue weighted by Gasteiger charge is 2.46. The molecule has 476 valence electrons. The van der Waals surface area contributed by atoms with Gasteiger partial charge in [-0.15, -0.1) is 0 Å². The normalized spacial score (nSPS) is 17.6. The molecule has 8 amide bonds. The van der Waals surface area contributed by atoms with E-state index in [1.807, 2.05) is 77.8 Å². The van der Waals surface area contributed by atoms with Crippen molar-refractivity contribution in [2.75, 3.05) is 31.0 Å². The number of benzene rings is 6. The molecule has 5 heterocycles. The number of aliphatic imine (C=N–C) groups is 1. The lowest BCUT2D eigenvalue weighted by Crippen LogP contribution is -2.55. The van der Waals surface area contributed by atoms with Crippen molar-refractivity contribution in [1.29, 1.82) is 0 Å². The number of anilines is 2. The Hall–Kier alpha value is -10.4. The maximum atomic E-state index is 14.8. The van der Waals surface area contributed by atoms with Crippen molar-refractivity contribution < 1.29 is 67.1 Å². The molecule has 0 saturated heterocycles. The standard InChI is InChI=1S/C70H72N8O14/c1-41(2)64(74-61(79)20-7-6-12-27-75-62(80)25-26-63(75)81)66(83)72-42(3)65(82)73-50-23-21-43(22-24-50)38-92-70(87)78-55-34-60(58(89-5)32-53(55)68(85)77-37-49-19-11-9-17-47(49)30-56(77)69(78)86)91-40-45-15-13-14-44(28-45)39-90-59-33-54-52(31-57(59)88-4)67(84)76-36-48-18-10-8-16-46(48)29-51(76)35-71-54/h8-11,13-19,21-26,28,31-35,41-42,51,56,64,69,86H,6-7,12,20,27,29-30,36-40H2,1-5H3,(H,72,83)(H,73,82)(H,74,79)/t42-,51-,56?,64-,69?/m0/s1. The van der Waals surface area contributed by atoms with Gasteiger partial charge in [0.25, 0.3) is 23.6 Å². The van der Waals surface area contributed by atoms with E-state index in [0.717, 1.165) is 37.6 Å². The first-order chi connectivity index (χ1) is 44.4. The Morgan fingerprint density at radius 2 is 1.23 bits per heavy atom. The lowest BCUT2D eigenvalue weighted by atomic mass is 9.93. The topological polar surface area (TPSA) is 264 Å². The molecule has 0 bridgehead atoms.